The first-order chi connectivity index (χ1) is 17.5. The Hall–Kier alpha value is -2.80. The number of hydrogen-bond donors (Lipinski definition) is 1. The van der Waals surface area contributed by atoms with Crippen LogP contribution in [0.4, 0.5) is 8.78 Å². The van der Waals surface area contributed by atoms with Gasteiger partial charge in [0.15, 0.2) is 29.1 Å². The summed E-state index contributed by atoms with van der Waals surface area (Å²) >= 11 is 0. The van der Waals surface area contributed by atoms with E-state index in [1.54, 1.807) is 13.0 Å². The molecule has 0 radical (unpaired) electrons. The number of pyridine rings is 1. The third kappa shape index (κ3) is 2.92. The molecule has 1 aliphatic heterocycles. The lowest BCUT2D eigenvalue weighted by molar-refractivity contribution is -0.226. The van der Waals surface area contributed by atoms with Crippen LogP contribution in [0.15, 0.2) is 42.1 Å². The van der Waals surface area contributed by atoms with Crippen LogP contribution in [0.3, 0.4) is 0 Å². The Kier molecular flexibility index (Phi) is 5.21. The number of ketones is 2. The predicted molar refractivity (Wildman–Crippen MR) is 125 cm³/mol. The third-order valence-corrected chi connectivity index (χ3v) is 10.0. The summed E-state index contributed by atoms with van der Waals surface area (Å²) in [6.45, 7) is 3.55. The average Bonchev–Trinajstić information content (AvgIpc) is 3.35. The van der Waals surface area contributed by atoms with Crippen molar-refractivity contribution in [3.63, 3.8) is 0 Å². The van der Waals surface area contributed by atoms with Crippen LogP contribution in [0.25, 0.3) is 0 Å². The minimum absolute atomic E-state index is 0.0935. The predicted octanol–water partition coefficient (Wildman–Crippen LogP) is 3.84. The number of ether oxygens (including phenoxy) is 2. The number of carbonyl (C=O) groups excluding carboxylic acids is 2. The molecule has 1 aromatic heterocycles. The monoisotopic (exact) mass is 510 g/mol. The first kappa shape index (κ1) is 24.5. The SMILES string of the molecule is C[C@]12C=CC(=O)CC1=CC[C@H]1[C@@H]3C[C@H]4OC(c5ccnc(F)c5)O[C@@]4(C(=O)CC#N)[C@@]3(C)C[C@H](O)[C@@]12F. The third-order valence-electron chi connectivity index (χ3n) is 10.0. The van der Waals surface area contributed by atoms with Crippen LogP contribution in [0.2, 0.25) is 0 Å². The van der Waals surface area contributed by atoms with Gasteiger partial charge in [-0.1, -0.05) is 24.6 Å². The summed E-state index contributed by atoms with van der Waals surface area (Å²) in [7, 11) is 0. The Morgan fingerprint density at radius 1 is 1.35 bits per heavy atom. The van der Waals surface area contributed by atoms with E-state index in [9.17, 15) is 24.3 Å². The van der Waals surface area contributed by atoms with Crippen LogP contribution in [0, 0.1) is 39.9 Å². The molecular weight excluding hydrogens is 482 g/mol. The number of aromatic nitrogens is 1. The van der Waals surface area contributed by atoms with Crippen molar-refractivity contribution >= 4 is 11.6 Å². The number of nitriles is 1. The molecule has 3 fully saturated rings. The van der Waals surface area contributed by atoms with E-state index in [2.05, 4.69) is 4.98 Å². The van der Waals surface area contributed by atoms with Gasteiger partial charge in [-0.25, -0.2) is 9.37 Å². The van der Waals surface area contributed by atoms with Crippen molar-refractivity contribution in [1.82, 2.24) is 4.98 Å². The van der Waals surface area contributed by atoms with Crippen molar-refractivity contribution in [3.05, 3.63) is 53.6 Å². The van der Waals surface area contributed by atoms with Gasteiger partial charge in [0, 0.05) is 41.0 Å². The number of alkyl halides is 1. The number of aliphatic hydroxyl groups excluding tert-OH is 1. The normalized spacial score (nSPS) is 45.8. The summed E-state index contributed by atoms with van der Waals surface area (Å²) in [5.41, 5.74) is -4.88. The molecular formula is C28H28F2N2O5. The second-order valence-electron chi connectivity index (χ2n) is 11.5. The Morgan fingerprint density at radius 3 is 2.86 bits per heavy atom. The van der Waals surface area contributed by atoms with Gasteiger partial charge in [0.2, 0.25) is 5.95 Å². The van der Waals surface area contributed by atoms with Crippen LogP contribution in [0.5, 0.6) is 0 Å². The lowest BCUT2D eigenvalue weighted by Crippen LogP contribution is -2.69. The zero-order valence-corrected chi connectivity index (χ0v) is 20.6. The van der Waals surface area contributed by atoms with Gasteiger partial charge in [-0.3, -0.25) is 9.59 Å². The molecule has 6 rings (SSSR count). The maximum Gasteiger partial charge on any atom is 0.213 e. The quantitative estimate of drug-likeness (QED) is 0.486. The molecule has 194 valence electrons. The molecule has 5 aliphatic rings. The number of nitrogens with zero attached hydrogens (tertiary/aromatic N) is 2. The maximum absolute atomic E-state index is 17.4. The molecule has 0 aromatic carbocycles. The van der Waals surface area contributed by atoms with Crippen LogP contribution in [-0.4, -0.2) is 45.1 Å². The van der Waals surface area contributed by atoms with Crippen LogP contribution >= 0.6 is 0 Å². The van der Waals surface area contributed by atoms with Crippen molar-refractivity contribution in [2.75, 3.05) is 0 Å². The number of aliphatic hydroxyl groups is 1. The van der Waals surface area contributed by atoms with E-state index in [1.165, 1.54) is 24.4 Å². The Labute approximate surface area is 213 Å². The molecule has 1 aromatic rings. The van der Waals surface area contributed by atoms with E-state index in [-0.39, 0.29) is 25.0 Å². The zero-order chi connectivity index (χ0) is 26.4. The standard InChI is InChI=1S/C28H28F2N2O5/c1-25-8-5-17(33)12-16(25)3-4-18-19-13-22-28(20(34)6-9-31,26(19,2)14-21(35)27(18,25)30)37-24(36-22)15-7-10-32-23(29)11-15/h3,5,7-8,10-11,18-19,21-22,24,35H,4,6,12-14H2,1-2H3/t18-,19-,21-,22+,24?,25-,26-,27-,28+/m0/s1. The number of halogens is 2. The Balaban J connectivity index is 1.45. The number of Topliss-reactive ketones (excluding diaryl/α,β-unsaturated/α-hetero) is 1. The topological polar surface area (TPSA) is 110 Å². The fourth-order valence-corrected chi connectivity index (χ4v) is 8.28. The average molecular weight is 511 g/mol. The van der Waals surface area contributed by atoms with Gasteiger partial charge in [-0.2, -0.15) is 9.65 Å². The number of fused-ring (bicyclic) bond motifs is 7. The van der Waals surface area contributed by atoms with Gasteiger partial charge in [-0.05, 0) is 44.2 Å². The van der Waals surface area contributed by atoms with Crippen molar-refractivity contribution in [3.8, 4) is 6.07 Å². The second kappa shape index (κ2) is 7.85. The summed E-state index contributed by atoms with van der Waals surface area (Å²) in [5.74, 6) is -2.39. The van der Waals surface area contributed by atoms with E-state index in [0.717, 1.165) is 0 Å². The van der Waals surface area contributed by atoms with Gasteiger partial charge in [-0.15, -0.1) is 0 Å². The Morgan fingerprint density at radius 2 is 2.14 bits per heavy atom. The van der Waals surface area contributed by atoms with E-state index >= 15 is 4.39 Å². The lowest BCUT2D eigenvalue weighted by Gasteiger charge is -2.62. The van der Waals surface area contributed by atoms with E-state index in [0.29, 0.717) is 17.6 Å². The summed E-state index contributed by atoms with van der Waals surface area (Å²) in [6.07, 6.45) is 2.99. The van der Waals surface area contributed by atoms with Gasteiger partial charge < -0.3 is 14.6 Å². The number of allylic oxidation sites excluding steroid dienone is 4. The Bertz CT molecular complexity index is 1310. The fraction of sp³-hybridized carbons (Fsp3) is 0.571. The summed E-state index contributed by atoms with van der Waals surface area (Å²) < 4.78 is 43.9. The lowest BCUT2D eigenvalue weighted by atomic mass is 9.45. The molecule has 9 heteroatoms. The molecule has 37 heavy (non-hydrogen) atoms. The van der Waals surface area contributed by atoms with Crippen molar-refractivity contribution in [1.29, 1.82) is 5.26 Å². The molecule has 1 saturated heterocycles. The van der Waals surface area contributed by atoms with Gasteiger partial charge in [0.25, 0.3) is 0 Å². The van der Waals surface area contributed by atoms with Crippen LogP contribution < -0.4 is 0 Å². The van der Waals surface area contributed by atoms with E-state index < -0.39 is 70.6 Å². The summed E-state index contributed by atoms with van der Waals surface area (Å²) in [4.78, 5) is 29.3. The van der Waals surface area contributed by atoms with Crippen molar-refractivity contribution in [2.45, 2.75) is 75.7 Å². The van der Waals surface area contributed by atoms with E-state index in [4.69, 9.17) is 9.47 Å². The molecule has 0 spiro atoms. The molecule has 1 unspecified atom stereocenters. The highest BCUT2D eigenvalue weighted by Crippen LogP contribution is 2.72. The molecule has 7 nitrogen and oxygen atoms in total. The maximum atomic E-state index is 17.4. The van der Waals surface area contributed by atoms with Gasteiger partial charge in [0.1, 0.15) is 0 Å². The first-order valence-corrected chi connectivity index (χ1v) is 12.6. The highest BCUT2D eigenvalue weighted by atomic mass is 19.1. The number of carbonyl (C=O) groups is 2. The zero-order valence-electron chi connectivity index (χ0n) is 20.6. The highest BCUT2D eigenvalue weighted by Gasteiger charge is 2.79. The highest BCUT2D eigenvalue weighted by molar-refractivity contribution is 5.94. The van der Waals surface area contributed by atoms with Gasteiger partial charge in [0.05, 0.1) is 24.7 Å². The van der Waals surface area contributed by atoms with Crippen molar-refractivity contribution in [2.24, 2.45) is 22.7 Å². The number of rotatable bonds is 3. The molecule has 1 N–H and O–H groups in total. The van der Waals surface area contributed by atoms with Gasteiger partial charge >= 0.3 is 0 Å². The minimum atomic E-state index is -2.07. The fourth-order valence-electron chi connectivity index (χ4n) is 8.28. The molecule has 0 amide bonds. The molecule has 0 bridgehead atoms. The molecule has 2 heterocycles. The molecule has 2 saturated carbocycles. The summed E-state index contributed by atoms with van der Waals surface area (Å²) in [6, 6.07) is 4.61. The first-order valence-electron chi connectivity index (χ1n) is 12.6. The smallest absolute Gasteiger partial charge is 0.213 e. The largest absolute Gasteiger partial charge is 0.390 e. The van der Waals surface area contributed by atoms with Crippen LogP contribution in [0.1, 0.15) is 57.8 Å². The minimum Gasteiger partial charge on any atom is -0.390 e. The summed E-state index contributed by atoms with van der Waals surface area (Å²) in [5, 5.41) is 21.0. The second-order valence-corrected chi connectivity index (χ2v) is 11.5. The van der Waals surface area contributed by atoms with Crippen LogP contribution in [-0.2, 0) is 19.1 Å². The van der Waals surface area contributed by atoms with Crippen molar-refractivity contribution < 1.29 is 33.0 Å². The number of hydrogen-bond acceptors (Lipinski definition) is 7. The molecule has 9 atom stereocenters. The molecule has 4 aliphatic carbocycles. The van der Waals surface area contributed by atoms with E-state index in [1.807, 2.05) is 19.1 Å².